The van der Waals surface area contributed by atoms with Gasteiger partial charge in [-0.25, -0.2) is 9.78 Å². The van der Waals surface area contributed by atoms with Crippen LogP contribution in [0.1, 0.15) is 24.1 Å². The number of nitrogens with zero attached hydrogens (tertiary/aromatic N) is 2. The van der Waals surface area contributed by atoms with Crippen molar-refractivity contribution in [3.05, 3.63) is 59.4 Å². The molecule has 1 aromatic carbocycles. The first-order valence-corrected chi connectivity index (χ1v) is 8.30. The van der Waals surface area contributed by atoms with Gasteiger partial charge in [-0.05, 0) is 42.7 Å². The Hall–Kier alpha value is -3.03. The molecule has 5 nitrogen and oxygen atoms in total. The van der Waals surface area contributed by atoms with Gasteiger partial charge in [-0.3, -0.25) is 0 Å². The first kappa shape index (κ1) is 18.8. The molecule has 1 amide bonds. The Kier molecular flexibility index (Phi) is 5.34. The van der Waals surface area contributed by atoms with Crippen molar-refractivity contribution < 1.29 is 27.8 Å². The first-order valence-electron chi connectivity index (χ1n) is 8.30. The van der Waals surface area contributed by atoms with Gasteiger partial charge in [0.15, 0.2) is 0 Å². The number of carbonyl (C=O) groups is 1. The maximum absolute atomic E-state index is 12.5. The van der Waals surface area contributed by atoms with Gasteiger partial charge in [0.1, 0.15) is 17.2 Å². The second-order valence-corrected chi connectivity index (χ2v) is 6.12. The Morgan fingerprint density at radius 2 is 1.89 bits per heavy atom. The number of piperidine rings is 1. The zero-order chi connectivity index (χ0) is 19.4. The lowest BCUT2D eigenvalue weighted by Gasteiger charge is -2.25. The number of amides is 1. The van der Waals surface area contributed by atoms with E-state index in [0.717, 1.165) is 23.4 Å². The third-order valence-corrected chi connectivity index (χ3v) is 4.17. The van der Waals surface area contributed by atoms with E-state index in [2.05, 4.69) is 4.98 Å². The number of rotatable bonds is 3. The van der Waals surface area contributed by atoms with Crippen molar-refractivity contribution in [2.45, 2.75) is 19.0 Å². The second kappa shape index (κ2) is 7.69. The lowest BCUT2D eigenvalue weighted by Crippen LogP contribution is -2.35. The van der Waals surface area contributed by atoms with Gasteiger partial charge in [0, 0.05) is 13.1 Å². The van der Waals surface area contributed by atoms with E-state index in [0.29, 0.717) is 31.7 Å². The summed E-state index contributed by atoms with van der Waals surface area (Å²) in [6, 6.07) is 9.24. The molecule has 0 bridgehead atoms. The molecule has 0 radical (unpaired) electrons. The summed E-state index contributed by atoms with van der Waals surface area (Å²) >= 11 is 0. The minimum Gasteiger partial charge on any atom is -0.465 e. The lowest BCUT2D eigenvalue weighted by molar-refractivity contribution is -0.141. The van der Waals surface area contributed by atoms with E-state index in [9.17, 15) is 18.0 Å². The summed E-state index contributed by atoms with van der Waals surface area (Å²) in [6.45, 7) is 0.934. The first-order chi connectivity index (χ1) is 12.8. The average Bonchev–Trinajstić information content (AvgIpc) is 2.62. The van der Waals surface area contributed by atoms with Gasteiger partial charge < -0.3 is 14.7 Å². The van der Waals surface area contributed by atoms with Crippen molar-refractivity contribution in [3.8, 4) is 11.5 Å². The number of likely N-dealkylation sites (tertiary alicyclic amines) is 1. The third-order valence-electron chi connectivity index (χ3n) is 4.17. The monoisotopic (exact) mass is 378 g/mol. The van der Waals surface area contributed by atoms with Crippen LogP contribution in [0.3, 0.4) is 0 Å². The van der Waals surface area contributed by atoms with Crippen molar-refractivity contribution in [1.82, 2.24) is 9.88 Å². The van der Waals surface area contributed by atoms with Crippen LogP contribution in [0.25, 0.3) is 6.08 Å². The average molecular weight is 378 g/mol. The summed E-state index contributed by atoms with van der Waals surface area (Å²) in [5.74, 6) is 0.691. The van der Waals surface area contributed by atoms with Gasteiger partial charge in [-0.1, -0.05) is 23.8 Å². The normalized spacial score (nSPS) is 14.8. The number of halogens is 3. The van der Waals surface area contributed by atoms with Crippen LogP contribution in [0.5, 0.6) is 11.5 Å². The number of aromatic nitrogens is 1. The molecule has 0 atom stereocenters. The van der Waals surface area contributed by atoms with Crippen molar-refractivity contribution in [2.75, 3.05) is 13.1 Å². The molecule has 0 spiro atoms. The third kappa shape index (κ3) is 4.99. The van der Waals surface area contributed by atoms with E-state index < -0.39 is 18.0 Å². The van der Waals surface area contributed by atoms with Gasteiger partial charge in [0.05, 0.1) is 6.20 Å². The number of ether oxygens (including phenoxy) is 1. The molecule has 8 heteroatoms. The smallest absolute Gasteiger partial charge is 0.433 e. The molecule has 1 aromatic heterocycles. The molecule has 0 saturated carbocycles. The number of hydrogen-bond donors (Lipinski definition) is 1. The Morgan fingerprint density at radius 3 is 2.48 bits per heavy atom. The predicted octanol–water partition coefficient (Wildman–Crippen LogP) is 5.05. The lowest BCUT2D eigenvalue weighted by atomic mass is 10.0. The van der Waals surface area contributed by atoms with E-state index in [4.69, 9.17) is 9.84 Å². The number of hydrogen-bond acceptors (Lipinski definition) is 3. The van der Waals surface area contributed by atoms with Crippen LogP contribution in [0.4, 0.5) is 18.0 Å². The maximum atomic E-state index is 12.5. The number of benzene rings is 1. The summed E-state index contributed by atoms with van der Waals surface area (Å²) in [4.78, 5) is 15.7. The van der Waals surface area contributed by atoms with Crippen molar-refractivity contribution in [3.63, 3.8) is 0 Å². The van der Waals surface area contributed by atoms with Crippen molar-refractivity contribution in [2.24, 2.45) is 0 Å². The maximum Gasteiger partial charge on any atom is 0.433 e. The van der Waals surface area contributed by atoms with Gasteiger partial charge in [-0.2, -0.15) is 13.2 Å². The molecule has 3 rings (SSSR count). The van der Waals surface area contributed by atoms with Crippen LogP contribution in [0.15, 0.2) is 48.2 Å². The summed E-state index contributed by atoms with van der Waals surface area (Å²) in [5, 5.41) is 8.97. The zero-order valence-corrected chi connectivity index (χ0v) is 14.2. The van der Waals surface area contributed by atoms with Crippen LogP contribution in [-0.4, -0.2) is 34.2 Å². The molecule has 1 aliphatic rings. The fourth-order valence-electron chi connectivity index (χ4n) is 2.78. The van der Waals surface area contributed by atoms with Gasteiger partial charge in [-0.15, -0.1) is 0 Å². The van der Waals surface area contributed by atoms with Gasteiger partial charge in [0.2, 0.25) is 0 Å². The molecule has 0 aliphatic carbocycles. The Morgan fingerprint density at radius 1 is 1.15 bits per heavy atom. The van der Waals surface area contributed by atoms with E-state index in [1.807, 2.05) is 12.1 Å². The molecule has 2 aromatic rings. The fourth-order valence-corrected chi connectivity index (χ4v) is 2.78. The van der Waals surface area contributed by atoms with Crippen LogP contribution in [0.2, 0.25) is 0 Å². The SMILES string of the molecule is O=C(O)N1CCC(=Cc2cccc(Oc3ccc(C(F)(F)F)nc3)c2)CC1. The molecule has 2 heterocycles. The molecule has 1 aliphatic heterocycles. The van der Waals surface area contributed by atoms with Crippen LogP contribution < -0.4 is 4.74 Å². The number of carboxylic acid groups (broad SMARTS) is 1. The minimum absolute atomic E-state index is 0.211. The van der Waals surface area contributed by atoms with Crippen molar-refractivity contribution >= 4 is 12.2 Å². The van der Waals surface area contributed by atoms with Crippen LogP contribution >= 0.6 is 0 Å². The molecule has 142 valence electrons. The molecule has 0 unspecified atom stereocenters. The minimum atomic E-state index is -4.49. The summed E-state index contributed by atoms with van der Waals surface area (Å²) in [5.41, 5.74) is 1.05. The zero-order valence-electron chi connectivity index (χ0n) is 14.2. The van der Waals surface area contributed by atoms with E-state index >= 15 is 0 Å². The number of pyridine rings is 1. The molecule has 27 heavy (non-hydrogen) atoms. The van der Waals surface area contributed by atoms with Crippen LogP contribution in [0, 0.1) is 0 Å². The highest BCUT2D eigenvalue weighted by molar-refractivity contribution is 5.65. The van der Waals surface area contributed by atoms with Crippen LogP contribution in [-0.2, 0) is 6.18 Å². The fraction of sp³-hybridized carbons (Fsp3) is 0.263. The second-order valence-electron chi connectivity index (χ2n) is 6.12. The van der Waals surface area contributed by atoms with Crippen molar-refractivity contribution in [1.29, 1.82) is 0 Å². The Bertz CT molecular complexity index is 838. The standard InChI is InChI=1S/C19H17F3N2O3/c20-19(21,22)17-5-4-16(12-23-17)27-15-3-1-2-14(11-15)10-13-6-8-24(9-7-13)18(25)26/h1-5,10-12H,6-9H2,(H,25,26). The molecular formula is C19H17F3N2O3. The Labute approximate surface area is 153 Å². The van der Waals surface area contributed by atoms with Gasteiger partial charge in [0.25, 0.3) is 0 Å². The van der Waals surface area contributed by atoms with E-state index in [1.54, 1.807) is 18.2 Å². The summed E-state index contributed by atoms with van der Waals surface area (Å²) in [7, 11) is 0. The van der Waals surface area contributed by atoms with E-state index in [-0.39, 0.29) is 5.75 Å². The summed E-state index contributed by atoms with van der Waals surface area (Å²) in [6.07, 6.45) is -1.04. The van der Waals surface area contributed by atoms with E-state index in [1.165, 1.54) is 11.0 Å². The predicted molar refractivity (Wildman–Crippen MR) is 92.6 cm³/mol. The molecule has 1 saturated heterocycles. The highest BCUT2D eigenvalue weighted by Gasteiger charge is 2.32. The molecule has 1 fully saturated rings. The largest absolute Gasteiger partial charge is 0.465 e. The molecular weight excluding hydrogens is 361 g/mol. The highest BCUT2D eigenvalue weighted by Crippen LogP contribution is 2.30. The Balaban J connectivity index is 1.67. The quantitative estimate of drug-likeness (QED) is 0.812. The topological polar surface area (TPSA) is 62.7 Å². The molecule has 1 N–H and O–H groups in total. The summed E-state index contributed by atoms with van der Waals surface area (Å²) < 4.78 is 43.2. The highest BCUT2D eigenvalue weighted by atomic mass is 19.4. The van der Waals surface area contributed by atoms with Gasteiger partial charge >= 0.3 is 12.3 Å². The number of alkyl halides is 3.